The lowest BCUT2D eigenvalue weighted by Gasteiger charge is -2.12. The lowest BCUT2D eigenvalue weighted by Crippen LogP contribution is -2.12. The van der Waals surface area contributed by atoms with Crippen molar-refractivity contribution in [3.05, 3.63) is 70.5 Å². The molecular formula is C30H35FO6. The van der Waals surface area contributed by atoms with Gasteiger partial charge >= 0.3 is 11.9 Å². The lowest BCUT2D eigenvalue weighted by molar-refractivity contribution is -0.139. The van der Waals surface area contributed by atoms with E-state index in [1.54, 1.807) is 13.0 Å². The number of aliphatic carboxylic acids is 2. The predicted molar refractivity (Wildman–Crippen MR) is 137 cm³/mol. The van der Waals surface area contributed by atoms with E-state index >= 15 is 0 Å². The molecule has 2 aromatic rings. The topological polar surface area (TPSA) is 109 Å². The molecule has 2 saturated carbocycles. The molecule has 0 amide bonds. The summed E-state index contributed by atoms with van der Waals surface area (Å²) in [5, 5.41) is 17.8. The van der Waals surface area contributed by atoms with Crippen molar-refractivity contribution >= 4 is 23.5 Å². The Morgan fingerprint density at radius 3 is 1.73 bits per heavy atom. The Hall–Kier alpha value is -3.35. The van der Waals surface area contributed by atoms with Gasteiger partial charge in [-0.25, -0.2) is 4.39 Å². The number of rotatable bonds is 8. The van der Waals surface area contributed by atoms with E-state index < -0.39 is 29.6 Å². The van der Waals surface area contributed by atoms with Crippen molar-refractivity contribution in [3.63, 3.8) is 0 Å². The van der Waals surface area contributed by atoms with E-state index in [0.29, 0.717) is 18.6 Å². The first-order valence-corrected chi connectivity index (χ1v) is 12.9. The molecule has 7 heteroatoms. The number of carbonyl (C=O) groups excluding carboxylic acids is 2. The highest BCUT2D eigenvalue weighted by Gasteiger charge is 2.26. The van der Waals surface area contributed by atoms with Crippen molar-refractivity contribution in [2.75, 3.05) is 0 Å². The van der Waals surface area contributed by atoms with Crippen LogP contribution in [0.2, 0.25) is 0 Å². The minimum Gasteiger partial charge on any atom is -0.481 e. The highest BCUT2D eigenvalue weighted by atomic mass is 19.1. The van der Waals surface area contributed by atoms with Gasteiger partial charge in [0.15, 0.2) is 0 Å². The molecule has 198 valence electrons. The van der Waals surface area contributed by atoms with Crippen LogP contribution in [0.5, 0.6) is 0 Å². The first kappa shape index (κ1) is 28.2. The fraction of sp³-hybridized carbons (Fsp3) is 0.467. The highest BCUT2D eigenvalue weighted by Crippen LogP contribution is 2.28. The van der Waals surface area contributed by atoms with Crippen LogP contribution in [0.1, 0.15) is 86.5 Å². The maximum Gasteiger partial charge on any atom is 0.310 e. The van der Waals surface area contributed by atoms with E-state index in [1.165, 1.54) is 19.1 Å². The molecule has 0 radical (unpaired) electrons. The fourth-order valence-electron chi connectivity index (χ4n) is 5.04. The largest absolute Gasteiger partial charge is 0.481 e. The number of carbonyl (C=O) groups is 4. The van der Waals surface area contributed by atoms with Crippen LogP contribution in [0.25, 0.3) is 0 Å². The first-order chi connectivity index (χ1) is 17.6. The van der Waals surface area contributed by atoms with E-state index in [9.17, 15) is 23.6 Å². The van der Waals surface area contributed by atoms with Gasteiger partial charge < -0.3 is 10.2 Å². The van der Waals surface area contributed by atoms with Crippen molar-refractivity contribution in [1.29, 1.82) is 0 Å². The van der Waals surface area contributed by atoms with Gasteiger partial charge in [0, 0.05) is 30.2 Å². The van der Waals surface area contributed by atoms with Gasteiger partial charge in [-0.3, -0.25) is 19.2 Å². The van der Waals surface area contributed by atoms with Crippen LogP contribution >= 0.6 is 0 Å². The Morgan fingerprint density at radius 2 is 1.30 bits per heavy atom. The number of hydrogen-bond acceptors (Lipinski definition) is 4. The average molecular weight is 511 g/mol. The molecule has 2 N–H and O–H groups in total. The van der Waals surface area contributed by atoms with Gasteiger partial charge in [0.2, 0.25) is 0 Å². The van der Waals surface area contributed by atoms with E-state index in [4.69, 9.17) is 10.2 Å². The SMILES string of the molecule is CC(C(=O)O)c1ccc(CC2CCCC2=O)cc1.CC(C(=O)O)c1ccc(CC2CCCC2=O)cc1F. The number of Topliss-reactive ketones (excluding diaryl/α,β-unsaturated/α-hetero) is 2. The molecule has 0 saturated heterocycles. The summed E-state index contributed by atoms with van der Waals surface area (Å²) < 4.78 is 13.9. The molecule has 4 unspecified atom stereocenters. The molecular weight excluding hydrogens is 475 g/mol. The Labute approximate surface area is 216 Å². The molecule has 6 nitrogen and oxygen atoms in total. The van der Waals surface area contributed by atoms with Crippen molar-refractivity contribution in [3.8, 4) is 0 Å². The Balaban J connectivity index is 0.000000206. The van der Waals surface area contributed by atoms with Crippen molar-refractivity contribution in [2.24, 2.45) is 11.8 Å². The summed E-state index contributed by atoms with van der Waals surface area (Å²) in [6.45, 7) is 3.14. The lowest BCUT2D eigenvalue weighted by atomic mass is 9.94. The second kappa shape index (κ2) is 12.7. The summed E-state index contributed by atoms with van der Waals surface area (Å²) >= 11 is 0. The number of benzene rings is 2. The summed E-state index contributed by atoms with van der Waals surface area (Å²) in [6, 6.07) is 12.2. The summed E-state index contributed by atoms with van der Waals surface area (Å²) in [5.41, 5.74) is 2.88. The van der Waals surface area contributed by atoms with Crippen molar-refractivity contribution in [2.45, 2.75) is 77.0 Å². The molecule has 4 rings (SSSR count). The molecule has 2 aliphatic carbocycles. The van der Waals surface area contributed by atoms with Crippen LogP contribution in [0.3, 0.4) is 0 Å². The number of ketones is 2. The third kappa shape index (κ3) is 7.57. The van der Waals surface area contributed by atoms with E-state index in [1.807, 2.05) is 24.3 Å². The number of carboxylic acid groups (broad SMARTS) is 2. The molecule has 4 atom stereocenters. The molecule has 37 heavy (non-hydrogen) atoms. The zero-order valence-corrected chi connectivity index (χ0v) is 21.4. The van der Waals surface area contributed by atoms with Crippen molar-refractivity contribution < 1.29 is 33.8 Å². The van der Waals surface area contributed by atoms with Crippen molar-refractivity contribution in [1.82, 2.24) is 0 Å². The van der Waals surface area contributed by atoms with Gasteiger partial charge in [-0.2, -0.15) is 0 Å². The molecule has 0 aromatic heterocycles. The number of carboxylic acids is 2. The zero-order valence-electron chi connectivity index (χ0n) is 21.4. The van der Waals surface area contributed by atoms with Gasteiger partial charge in [-0.05, 0) is 75.1 Å². The Kier molecular flexibility index (Phi) is 9.73. The quantitative estimate of drug-likeness (QED) is 0.471. The van der Waals surface area contributed by atoms with E-state index in [2.05, 4.69) is 0 Å². The minimum atomic E-state index is -1.04. The van der Waals surface area contributed by atoms with Crippen LogP contribution in [0, 0.1) is 17.7 Å². The Morgan fingerprint density at radius 1 is 0.811 bits per heavy atom. The van der Waals surface area contributed by atoms with E-state index in [0.717, 1.165) is 55.2 Å². The summed E-state index contributed by atoms with van der Waals surface area (Å²) in [5.74, 6) is -2.89. The first-order valence-electron chi connectivity index (χ1n) is 12.9. The molecule has 0 heterocycles. The fourth-order valence-corrected chi connectivity index (χ4v) is 5.04. The third-order valence-electron chi connectivity index (χ3n) is 7.58. The van der Waals surface area contributed by atoms with Gasteiger partial charge in [-0.1, -0.05) is 36.4 Å². The van der Waals surface area contributed by atoms with Crippen LogP contribution in [0.4, 0.5) is 4.39 Å². The normalized spacial score (nSPS) is 20.7. The maximum absolute atomic E-state index is 13.9. The molecule has 2 aromatic carbocycles. The highest BCUT2D eigenvalue weighted by molar-refractivity contribution is 5.83. The molecule has 0 bridgehead atoms. The second-order valence-corrected chi connectivity index (χ2v) is 10.2. The Bertz CT molecular complexity index is 1140. The van der Waals surface area contributed by atoms with E-state index in [-0.39, 0.29) is 23.2 Å². The number of hydrogen-bond donors (Lipinski definition) is 2. The van der Waals surface area contributed by atoms with Crippen LogP contribution in [-0.4, -0.2) is 33.7 Å². The monoisotopic (exact) mass is 510 g/mol. The maximum atomic E-state index is 13.9. The standard InChI is InChI=1S/C15H17FO3.C15H18O3/c1-9(15(18)19)12-6-5-10(8-13(12)16)7-11-3-2-4-14(11)17;1-10(15(17)18)12-7-5-11(6-8-12)9-13-3-2-4-14(13)16/h5-6,8-9,11H,2-4,7H2,1H3,(H,18,19);5-8,10,13H,2-4,9H2,1H3,(H,17,18). The van der Waals surface area contributed by atoms with Gasteiger partial charge in [0.05, 0.1) is 11.8 Å². The van der Waals surface area contributed by atoms with Gasteiger partial charge in [-0.15, -0.1) is 0 Å². The molecule has 0 spiro atoms. The van der Waals surface area contributed by atoms with Crippen LogP contribution in [-0.2, 0) is 32.0 Å². The molecule has 2 aliphatic rings. The third-order valence-corrected chi connectivity index (χ3v) is 7.58. The number of halogens is 1. The second-order valence-electron chi connectivity index (χ2n) is 10.2. The predicted octanol–water partition coefficient (Wildman–Crippen LogP) is 5.71. The summed E-state index contributed by atoms with van der Waals surface area (Å²) in [4.78, 5) is 44.8. The van der Waals surface area contributed by atoms with Crippen LogP contribution in [0.15, 0.2) is 42.5 Å². The van der Waals surface area contributed by atoms with Gasteiger partial charge in [0.25, 0.3) is 0 Å². The molecule has 2 fully saturated rings. The smallest absolute Gasteiger partial charge is 0.310 e. The average Bonchev–Trinajstić information content (AvgIpc) is 3.46. The van der Waals surface area contributed by atoms with Crippen LogP contribution < -0.4 is 0 Å². The minimum absolute atomic E-state index is 0.00199. The summed E-state index contributed by atoms with van der Waals surface area (Å²) in [7, 11) is 0. The van der Waals surface area contributed by atoms with Gasteiger partial charge in [0.1, 0.15) is 17.4 Å². The molecule has 0 aliphatic heterocycles. The zero-order chi connectivity index (χ0) is 27.1. The summed E-state index contributed by atoms with van der Waals surface area (Å²) in [6.07, 6.45) is 6.48.